The summed E-state index contributed by atoms with van der Waals surface area (Å²) in [6.45, 7) is 2.09. The van der Waals surface area contributed by atoms with Gasteiger partial charge < -0.3 is 20.5 Å². The molecule has 0 saturated heterocycles. The predicted molar refractivity (Wildman–Crippen MR) is 115 cm³/mol. The fraction of sp³-hybridized carbons (Fsp3) is 0.318. The number of carbonyl (C=O) groups is 2. The zero-order chi connectivity index (χ0) is 24.2. The van der Waals surface area contributed by atoms with E-state index in [4.69, 9.17) is 10.5 Å². The second-order valence-corrected chi connectivity index (χ2v) is 7.35. The molecule has 2 aromatic carbocycles. The van der Waals surface area contributed by atoms with Crippen molar-refractivity contribution in [1.29, 1.82) is 0 Å². The van der Waals surface area contributed by atoms with Crippen LogP contribution in [-0.2, 0) is 11.3 Å². The highest BCUT2D eigenvalue weighted by Gasteiger charge is 2.33. The molecule has 1 unspecified atom stereocenters. The topological polar surface area (TPSA) is 106 Å². The van der Waals surface area contributed by atoms with E-state index < -0.39 is 18.1 Å². The number of nitrogens with two attached hydrogens (primary N) is 1. The Bertz CT molecular complexity index is 1050. The minimum atomic E-state index is -4.85. The van der Waals surface area contributed by atoms with E-state index in [9.17, 15) is 22.8 Å². The number of urea groups is 1. The zero-order valence-corrected chi connectivity index (χ0v) is 18.0. The molecule has 2 aromatic rings. The van der Waals surface area contributed by atoms with Gasteiger partial charge in [0.05, 0.1) is 19.4 Å². The van der Waals surface area contributed by atoms with Gasteiger partial charge in [0.25, 0.3) is 0 Å². The zero-order valence-electron chi connectivity index (χ0n) is 18.0. The fourth-order valence-electron chi connectivity index (χ4n) is 3.48. The smallest absolute Gasteiger partial charge is 0.493 e. The maximum atomic E-state index is 12.7. The highest BCUT2D eigenvalue weighted by molar-refractivity contribution is 6.06. The first kappa shape index (κ1) is 23.9. The summed E-state index contributed by atoms with van der Waals surface area (Å²) < 4.78 is 47.0. The number of hydrogen-bond donors (Lipinski definition) is 2. The van der Waals surface area contributed by atoms with Gasteiger partial charge in [0.1, 0.15) is 0 Å². The molecule has 0 bridgehead atoms. The summed E-state index contributed by atoms with van der Waals surface area (Å²) in [5, 5.41) is 8.30. The molecule has 3 rings (SSSR count). The number of carbonyl (C=O) groups excluding carboxylic acids is 2. The number of alkyl halides is 3. The van der Waals surface area contributed by atoms with Gasteiger partial charge in [-0.2, -0.15) is 5.10 Å². The molecule has 1 aliphatic heterocycles. The van der Waals surface area contributed by atoms with Crippen LogP contribution in [0.3, 0.4) is 0 Å². The van der Waals surface area contributed by atoms with Crippen molar-refractivity contribution >= 4 is 23.3 Å². The van der Waals surface area contributed by atoms with E-state index in [-0.39, 0.29) is 30.5 Å². The van der Waals surface area contributed by atoms with Crippen molar-refractivity contribution in [2.45, 2.75) is 32.7 Å². The Kier molecular flexibility index (Phi) is 7.10. The lowest BCUT2D eigenvalue weighted by Crippen LogP contribution is -2.36. The molecule has 0 radical (unpaired) electrons. The normalized spacial score (nSPS) is 16.3. The maximum Gasteiger partial charge on any atom is 0.573 e. The molecular weight excluding hydrogens is 441 g/mol. The molecule has 176 valence electrons. The molecule has 8 nitrogen and oxygen atoms in total. The second kappa shape index (κ2) is 9.80. The number of anilines is 1. The van der Waals surface area contributed by atoms with Crippen LogP contribution in [0.2, 0.25) is 0 Å². The van der Waals surface area contributed by atoms with E-state index in [1.165, 1.54) is 30.3 Å². The van der Waals surface area contributed by atoms with Crippen molar-refractivity contribution in [3.8, 4) is 11.5 Å². The van der Waals surface area contributed by atoms with Crippen LogP contribution in [-0.4, -0.2) is 36.1 Å². The monoisotopic (exact) mass is 464 g/mol. The van der Waals surface area contributed by atoms with Crippen LogP contribution in [0.25, 0.3) is 0 Å². The molecule has 0 aromatic heterocycles. The van der Waals surface area contributed by atoms with Gasteiger partial charge in [-0.3, -0.25) is 4.79 Å². The van der Waals surface area contributed by atoms with Gasteiger partial charge in [0.2, 0.25) is 5.91 Å². The molecule has 1 atom stereocenters. The molecule has 3 N–H and O–H groups in total. The van der Waals surface area contributed by atoms with Gasteiger partial charge in [-0.1, -0.05) is 19.1 Å². The molecule has 0 fully saturated rings. The van der Waals surface area contributed by atoms with E-state index in [1.807, 2.05) is 6.92 Å². The van der Waals surface area contributed by atoms with Crippen LogP contribution >= 0.6 is 0 Å². The van der Waals surface area contributed by atoms with Crippen LogP contribution in [0, 0.1) is 5.92 Å². The number of amides is 3. The first-order valence-electron chi connectivity index (χ1n) is 10.1. The third-order valence-corrected chi connectivity index (χ3v) is 5.06. The number of primary amides is 1. The standard InChI is InChI=1S/C22H23F3N4O4/c1-3-14-11-19(30)29(12-13-4-7-16(8-5-13)27-21(26)31)28-20(14)15-6-9-17(18(10-15)32-2)33-22(23,24)25/h4-10,14H,3,11-12H2,1-2H3,(H3,26,27,31). The van der Waals surface area contributed by atoms with Crippen molar-refractivity contribution in [3.05, 3.63) is 53.6 Å². The highest BCUT2D eigenvalue weighted by Crippen LogP contribution is 2.35. The van der Waals surface area contributed by atoms with E-state index in [1.54, 1.807) is 24.3 Å². The Balaban J connectivity index is 1.89. The van der Waals surface area contributed by atoms with E-state index in [0.29, 0.717) is 23.4 Å². The summed E-state index contributed by atoms with van der Waals surface area (Å²) in [7, 11) is 1.24. The van der Waals surface area contributed by atoms with E-state index in [0.717, 1.165) is 5.56 Å². The Morgan fingerprint density at radius 1 is 1.21 bits per heavy atom. The molecule has 0 saturated carbocycles. The first-order chi connectivity index (χ1) is 15.6. The number of hydrazone groups is 1. The summed E-state index contributed by atoms with van der Waals surface area (Å²) >= 11 is 0. The molecule has 1 aliphatic rings. The SMILES string of the molecule is CCC1CC(=O)N(Cc2ccc(NC(N)=O)cc2)N=C1c1ccc(OC(F)(F)F)c(OC)c1. The van der Waals surface area contributed by atoms with Crippen LogP contribution < -0.4 is 20.5 Å². The van der Waals surface area contributed by atoms with Gasteiger partial charge >= 0.3 is 12.4 Å². The predicted octanol–water partition coefficient (Wildman–Crippen LogP) is 4.25. The molecule has 0 spiro atoms. The largest absolute Gasteiger partial charge is 0.573 e. The molecule has 33 heavy (non-hydrogen) atoms. The van der Waals surface area contributed by atoms with Crippen LogP contribution in [0.1, 0.15) is 30.9 Å². The minimum absolute atomic E-state index is 0.0941. The van der Waals surface area contributed by atoms with Gasteiger partial charge in [0, 0.05) is 23.6 Å². The summed E-state index contributed by atoms with van der Waals surface area (Å²) in [6.07, 6.45) is -4.02. The Hall–Kier alpha value is -3.76. The molecule has 11 heteroatoms. The van der Waals surface area contributed by atoms with Crippen molar-refractivity contribution in [2.75, 3.05) is 12.4 Å². The maximum absolute atomic E-state index is 12.7. The third kappa shape index (κ3) is 6.15. The number of ether oxygens (including phenoxy) is 2. The van der Waals surface area contributed by atoms with Crippen molar-refractivity contribution < 1.29 is 32.2 Å². The Morgan fingerprint density at radius 3 is 2.48 bits per heavy atom. The second-order valence-electron chi connectivity index (χ2n) is 7.35. The van der Waals surface area contributed by atoms with Crippen molar-refractivity contribution in [3.63, 3.8) is 0 Å². The number of nitrogens with one attached hydrogen (secondary N) is 1. The van der Waals surface area contributed by atoms with Gasteiger partial charge in [0.15, 0.2) is 11.5 Å². The lowest BCUT2D eigenvalue weighted by Gasteiger charge is -2.29. The molecule has 1 heterocycles. The summed E-state index contributed by atoms with van der Waals surface area (Å²) in [6, 6.07) is 10.1. The average molecular weight is 464 g/mol. The van der Waals surface area contributed by atoms with E-state index in [2.05, 4.69) is 15.2 Å². The summed E-state index contributed by atoms with van der Waals surface area (Å²) in [5.41, 5.74) is 7.48. The van der Waals surface area contributed by atoms with Crippen molar-refractivity contribution in [1.82, 2.24) is 5.01 Å². The van der Waals surface area contributed by atoms with Gasteiger partial charge in [-0.25, -0.2) is 9.80 Å². The minimum Gasteiger partial charge on any atom is -0.493 e. The number of nitrogens with zero attached hydrogens (tertiary/aromatic N) is 2. The number of benzene rings is 2. The van der Waals surface area contributed by atoms with Crippen LogP contribution in [0.5, 0.6) is 11.5 Å². The fourth-order valence-corrected chi connectivity index (χ4v) is 3.48. The number of rotatable bonds is 7. The summed E-state index contributed by atoms with van der Waals surface area (Å²) in [4.78, 5) is 23.6. The molecular formula is C22H23F3N4O4. The number of hydrogen-bond acceptors (Lipinski definition) is 5. The van der Waals surface area contributed by atoms with E-state index >= 15 is 0 Å². The van der Waals surface area contributed by atoms with Crippen molar-refractivity contribution in [2.24, 2.45) is 16.8 Å². The number of methoxy groups -OCH3 is 1. The lowest BCUT2D eigenvalue weighted by atomic mass is 9.89. The Labute approximate surface area is 188 Å². The van der Waals surface area contributed by atoms with Crippen LogP contribution in [0.4, 0.5) is 23.7 Å². The number of halogens is 3. The highest BCUT2D eigenvalue weighted by atomic mass is 19.4. The summed E-state index contributed by atoms with van der Waals surface area (Å²) in [5.74, 6) is -0.928. The van der Waals surface area contributed by atoms with Crippen LogP contribution in [0.15, 0.2) is 47.6 Å². The first-order valence-corrected chi connectivity index (χ1v) is 10.1. The third-order valence-electron chi connectivity index (χ3n) is 5.06. The molecule has 0 aliphatic carbocycles. The van der Waals surface area contributed by atoms with Gasteiger partial charge in [-0.15, -0.1) is 13.2 Å². The Morgan fingerprint density at radius 2 is 1.91 bits per heavy atom. The molecule has 3 amide bonds. The average Bonchev–Trinajstić information content (AvgIpc) is 2.75. The lowest BCUT2D eigenvalue weighted by molar-refractivity contribution is -0.275. The van der Waals surface area contributed by atoms with Gasteiger partial charge in [-0.05, 0) is 42.3 Å². The quantitative estimate of drug-likeness (QED) is 0.639.